The highest BCUT2D eigenvalue weighted by molar-refractivity contribution is 9.10. The van der Waals surface area contributed by atoms with Gasteiger partial charge in [-0.3, -0.25) is 4.39 Å². The van der Waals surface area contributed by atoms with Gasteiger partial charge in [-0.25, -0.2) is 4.79 Å². The normalized spacial score (nSPS) is 22.4. The molecule has 1 atom stereocenters. The lowest BCUT2D eigenvalue weighted by Gasteiger charge is -2.23. The van der Waals surface area contributed by atoms with Crippen molar-refractivity contribution in [1.29, 1.82) is 0 Å². The highest BCUT2D eigenvalue weighted by Crippen LogP contribution is 2.40. The van der Waals surface area contributed by atoms with E-state index in [2.05, 4.69) is 15.9 Å². The van der Waals surface area contributed by atoms with Gasteiger partial charge in [-0.15, -0.1) is 0 Å². The summed E-state index contributed by atoms with van der Waals surface area (Å²) in [5.41, 5.74) is 0.925. The minimum Gasteiger partial charge on any atom is -0.451 e. The van der Waals surface area contributed by atoms with E-state index in [1.54, 1.807) is 6.07 Å². The first-order valence-electron chi connectivity index (χ1n) is 5.66. The maximum absolute atomic E-state index is 12.1. The number of cyclic esters (lactones) is 1. The summed E-state index contributed by atoms with van der Waals surface area (Å²) in [6.45, 7) is 1.57. The van der Waals surface area contributed by atoms with Crippen LogP contribution in [0, 0.1) is 0 Å². The fourth-order valence-electron chi connectivity index (χ4n) is 2.20. The molecule has 1 aliphatic rings. The second-order valence-corrected chi connectivity index (χ2v) is 5.37. The molecule has 1 heterocycles. The van der Waals surface area contributed by atoms with Gasteiger partial charge in [-0.2, -0.15) is 0 Å². The Morgan fingerprint density at radius 2 is 2.18 bits per heavy atom. The Kier molecular flexibility index (Phi) is 3.52. The van der Waals surface area contributed by atoms with Crippen molar-refractivity contribution in [2.45, 2.75) is 31.8 Å². The van der Waals surface area contributed by atoms with Gasteiger partial charge in [-0.05, 0) is 38.3 Å². The lowest BCUT2D eigenvalue weighted by molar-refractivity contribution is -0.00425. The molecule has 0 saturated heterocycles. The lowest BCUT2D eigenvalue weighted by Crippen LogP contribution is -2.21. The Morgan fingerprint density at radius 1 is 1.41 bits per heavy atom. The van der Waals surface area contributed by atoms with Crippen molar-refractivity contribution in [3.8, 4) is 0 Å². The number of halogens is 2. The molecule has 1 unspecified atom stereocenters. The van der Waals surface area contributed by atoms with E-state index in [0.29, 0.717) is 18.4 Å². The first-order chi connectivity index (χ1) is 8.07. The summed E-state index contributed by atoms with van der Waals surface area (Å²) in [6.07, 6.45) is 1.89. The quantitative estimate of drug-likeness (QED) is 0.621. The van der Waals surface area contributed by atoms with Crippen LogP contribution < -0.4 is 0 Å². The molecule has 2 nitrogen and oxygen atoms in total. The maximum Gasteiger partial charge on any atom is 0.339 e. The molecule has 0 spiro atoms. The molecule has 4 heteroatoms. The minimum absolute atomic E-state index is 0.288. The summed E-state index contributed by atoms with van der Waals surface area (Å²) < 4.78 is 18.4. The molecular formula is C13H14BrFO2. The number of esters is 1. The van der Waals surface area contributed by atoms with E-state index in [1.807, 2.05) is 19.1 Å². The third-order valence-electron chi connectivity index (χ3n) is 3.13. The number of hydrogen-bond acceptors (Lipinski definition) is 2. The Balaban J connectivity index is 2.26. The van der Waals surface area contributed by atoms with Crippen molar-refractivity contribution in [1.82, 2.24) is 0 Å². The molecule has 0 radical (unpaired) electrons. The van der Waals surface area contributed by atoms with E-state index >= 15 is 0 Å². The Morgan fingerprint density at radius 3 is 2.88 bits per heavy atom. The van der Waals surface area contributed by atoms with E-state index in [9.17, 15) is 9.18 Å². The Hall–Kier alpha value is -0.900. The third kappa shape index (κ3) is 2.37. The van der Waals surface area contributed by atoms with Crippen LogP contribution in [0.3, 0.4) is 0 Å². The average Bonchev–Trinajstić information content (AvgIpc) is 2.52. The molecule has 1 aromatic rings. The number of carbonyl (C=O) groups excluding carboxylic acids is 1. The number of rotatable bonds is 4. The van der Waals surface area contributed by atoms with Crippen LogP contribution in [0.1, 0.15) is 42.1 Å². The van der Waals surface area contributed by atoms with Crippen molar-refractivity contribution in [2.75, 3.05) is 6.67 Å². The molecule has 0 saturated carbocycles. The van der Waals surface area contributed by atoms with E-state index in [-0.39, 0.29) is 12.6 Å². The topological polar surface area (TPSA) is 26.3 Å². The van der Waals surface area contributed by atoms with Gasteiger partial charge in [0.05, 0.1) is 12.2 Å². The first-order valence-corrected chi connectivity index (χ1v) is 6.45. The van der Waals surface area contributed by atoms with E-state index in [0.717, 1.165) is 16.5 Å². The SMILES string of the molecule is CC1(CCCCF)OC(=O)c2cc(Br)ccc21. The zero-order valence-electron chi connectivity index (χ0n) is 9.63. The van der Waals surface area contributed by atoms with Gasteiger partial charge in [0.2, 0.25) is 0 Å². The zero-order valence-corrected chi connectivity index (χ0v) is 11.2. The van der Waals surface area contributed by atoms with Crippen molar-refractivity contribution >= 4 is 21.9 Å². The molecule has 0 fully saturated rings. The van der Waals surface area contributed by atoms with E-state index in [4.69, 9.17) is 4.74 Å². The number of hydrogen-bond donors (Lipinski definition) is 0. The van der Waals surface area contributed by atoms with Gasteiger partial charge in [-0.1, -0.05) is 22.0 Å². The fourth-order valence-corrected chi connectivity index (χ4v) is 2.56. The zero-order chi connectivity index (χ0) is 12.5. The number of alkyl halides is 1. The monoisotopic (exact) mass is 300 g/mol. The van der Waals surface area contributed by atoms with Crippen LogP contribution in [0.2, 0.25) is 0 Å². The van der Waals surface area contributed by atoms with Crippen LogP contribution >= 0.6 is 15.9 Å². The number of fused-ring (bicyclic) bond motifs is 1. The van der Waals surface area contributed by atoms with Crippen LogP contribution in [0.25, 0.3) is 0 Å². The Bertz CT molecular complexity index is 447. The first kappa shape index (κ1) is 12.6. The minimum atomic E-state index is -0.595. The number of unbranched alkanes of at least 4 members (excludes halogenated alkanes) is 1. The fraction of sp³-hybridized carbons (Fsp3) is 0.462. The molecule has 0 bridgehead atoms. The molecule has 0 N–H and O–H groups in total. The van der Waals surface area contributed by atoms with Gasteiger partial charge in [0, 0.05) is 10.0 Å². The highest BCUT2D eigenvalue weighted by atomic mass is 79.9. The molecule has 17 heavy (non-hydrogen) atoms. The van der Waals surface area contributed by atoms with Gasteiger partial charge in [0.1, 0.15) is 5.60 Å². The smallest absolute Gasteiger partial charge is 0.339 e. The summed E-state index contributed by atoms with van der Waals surface area (Å²) in [7, 11) is 0. The third-order valence-corrected chi connectivity index (χ3v) is 3.62. The molecule has 1 aliphatic heterocycles. The maximum atomic E-state index is 12.1. The predicted molar refractivity (Wildman–Crippen MR) is 66.7 cm³/mol. The largest absolute Gasteiger partial charge is 0.451 e. The van der Waals surface area contributed by atoms with E-state index in [1.165, 1.54) is 0 Å². The van der Waals surface area contributed by atoms with Crippen molar-refractivity contribution in [2.24, 2.45) is 0 Å². The molecular weight excluding hydrogens is 287 g/mol. The summed E-state index contributed by atoms with van der Waals surface area (Å²) in [6, 6.07) is 5.58. The number of ether oxygens (including phenoxy) is 1. The second kappa shape index (κ2) is 4.77. The van der Waals surface area contributed by atoms with Crippen LogP contribution in [0.5, 0.6) is 0 Å². The van der Waals surface area contributed by atoms with Crippen LogP contribution in [0.4, 0.5) is 4.39 Å². The highest BCUT2D eigenvalue weighted by Gasteiger charge is 2.40. The predicted octanol–water partition coefficient (Wildman–Crippen LogP) is 3.97. The van der Waals surface area contributed by atoms with Crippen molar-refractivity contribution in [3.05, 3.63) is 33.8 Å². The van der Waals surface area contributed by atoms with Gasteiger partial charge in [0.15, 0.2) is 0 Å². The molecule has 92 valence electrons. The van der Waals surface area contributed by atoms with Crippen LogP contribution in [0.15, 0.2) is 22.7 Å². The molecule has 2 rings (SSSR count). The number of benzene rings is 1. The van der Waals surface area contributed by atoms with Crippen LogP contribution in [-0.4, -0.2) is 12.6 Å². The molecule has 1 aromatic carbocycles. The van der Waals surface area contributed by atoms with Crippen molar-refractivity contribution < 1.29 is 13.9 Å². The van der Waals surface area contributed by atoms with Gasteiger partial charge in [0.25, 0.3) is 0 Å². The standard InChI is InChI=1S/C13H14BrFO2/c1-13(6-2-3-7-15)11-5-4-9(14)8-10(11)12(16)17-13/h4-5,8H,2-3,6-7H2,1H3. The van der Waals surface area contributed by atoms with Gasteiger partial charge >= 0.3 is 5.97 Å². The van der Waals surface area contributed by atoms with Gasteiger partial charge < -0.3 is 4.74 Å². The van der Waals surface area contributed by atoms with Crippen LogP contribution in [-0.2, 0) is 10.3 Å². The molecule has 0 aliphatic carbocycles. The summed E-state index contributed by atoms with van der Waals surface area (Å²) in [4.78, 5) is 11.7. The second-order valence-electron chi connectivity index (χ2n) is 4.46. The molecule has 0 aromatic heterocycles. The average molecular weight is 301 g/mol. The molecule has 0 amide bonds. The summed E-state index contributed by atoms with van der Waals surface area (Å²) in [5, 5.41) is 0. The lowest BCUT2D eigenvalue weighted by atomic mass is 9.89. The summed E-state index contributed by atoms with van der Waals surface area (Å²) in [5.74, 6) is -0.288. The number of carbonyl (C=O) groups is 1. The van der Waals surface area contributed by atoms with E-state index < -0.39 is 5.60 Å². The summed E-state index contributed by atoms with van der Waals surface area (Å²) >= 11 is 3.34. The Labute approximate surface area is 108 Å². The van der Waals surface area contributed by atoms with Crippen molar-refractivity contribution in [3.63, 3.8) is 0 Å².